The number of hydrogen-bond acceptors (Lipinski definition) is 5. The molecule has 1 aromatic heterocycles. The minimum atomic E-state index is 0.194. The van der Waals surface area contributed by atoms with Crippen molar-refractivity contribution in [2.24, 2.45) is 0 Å². The average Bonchev–Trinajstić information content (AvgIpc) is 2.77. The van der Waals surface area contributed by atoms with Gasteiger partial charge in [0.05, 0.1) is 17.3 Å². The second-order valence-corrected chi connectivity index (χ2v) is 5.56. The van der Waals surface area contributed by atoms with Crippen LogP contribution in [0.25, 0.3) is 0 Å². The standard InChI is InChI=1S/C11H20N2OS2/c1-3-11-13-10(8-16-11)6-12-9(7-14)4-5-15-2/h8-9,12,14H,3-7H2,1-2H3. The summed E-state index contributed by atoms with van der Waals surface area (Å²) in [6, 6.07) is 0.194. The van der Waals surface area contributed by atoms with E-state index in [4.69, 9.17) is 0 Å². The SMILES string of the molecule is CCc1nc(CNC(CO)CCSC)cs1. The van der Waals surface area contributed by atoms with E-state index in [1.165, 1.54) is 5.01 Å². The van der Waals surface area contributed by atoms with Gasteiger partial charge in [0.2, 0.25) is 0 Å². The summed E-state index contributed by atoms with van der Waals surface area (Å²) in [4.78, 5) is 4.48. The highest BCUT2D eigenvalue weighted by Crippen LogP contribution is 2.10. The van der Waals surface area contributed by atoms with Gasteiger partial charge in [-0.25, -0.2) is 4.98 Å². The predicted molar refractivity (Wildman–Crippen MR) is 72.2 cm³/mol. The van der Waals surface area contributed by atoms with Gasteiger partial charge in [-0.15, -0.1) is 11.3 Å². The lowest BCUT2D eigenvalue weighted by molar-refractivity contribution is 0.238. The smallest absolute Gasteiger partial charge is 0.0926 e. The summed E-state index contributed by atoms with van der Waals surface area (Å²) in [5.41, 5.74) is 1.09. The predicted octanol–water partition coefficient (Wildman–Crippen LogP) is 1.91. The first-order valence-electron chi connectivity index (χ1n) is 5.56. The molecule has 1 atom stereocenters. The van der Waals surface area contributed by atoms with E-state index in [2.05, 4.69) is 28.9 Å². The first-order chi connectivity index (χ1) is 7.80. The summed E-state index contributed by atoms with van der Waals surface area (Å²) in [5.74, 6) is 1.08. The van der Waals surface area contributed by atoms with E-state index in [0.29, 0.717) is 0 Å². The van der Waals surface area contributed by atoms with Crippen molar-refractivity contribution in [1.82, 2.24) is 10.3 Å². The van der Waals surface area contributed by atoms with Crippen LogP contribution in [0.3, 0.4) is 0 Å². The Labute approximate surface area is 106 Å². The first kappa shape index (κ1) is 14.0. The Balaban J connectivity index is 2.31. The van der Waals surface area contributed by atoms with Gasteiger partial charge in [-0.05, 0) is 24.9 Å². The monoisotopic (exact) mass is 260 g/mol. The molecule has 1 aromatic rings. The molecule has 0 saturated heterocycles. The van der Waals surface area contributed by atoms with Crippen LogP contribution in [0, 0.1) is 0 Å². The highest BCUT2D eigenvalue weighted by Gasteiger charge is 2.07. The van der Waals surface area contributed by atoms with Gasteiger partial charge in [-0.1, -0.05) is 6.92 Å². The van der Waals surface area contributed by atoms with Crippen molar-refractivity contribution in [2.75, 3.05) is 18.6 Å². The Morgan fingerprint density at radius 2 is 2.44 bits per heavy atom. The lowest BCUT2D eigenvalue weighted by atomic mass is 10.2. The molecule has 0 spiro atoms. The number of hydrogen-bond donors (Lipinski definition) is 2. The van der Waals surface area contributed by atoms with Crippen LogP contribution < -0.4 is 5.32 Å². The molecule has 5 heteroatoms. The third kappa shape index (κ3) is 4.82. The summed E-state index contributed by atoms with van der Waals surface area (Å²) < 4.78 is 0. The lowest BCUT2D eigenvalue weighted by Gasteiger charge is -2.14. The number of aliphatic hydroxyl groups excluding tert-OH is 1. The Morgan fingerprint density at radius 1 is 1.62 bits per heavy atom. The number of aryl methyl sites for hydroxylation is 1. The van der Waals surface area contributed by atoms with E-state index in [0.717, 1.165) is 30.8 Å². The van der Waals surface area contributed by atoms with E-state index < -0.39 is 0 Å². The van der Waals surface area contributed by atoms with E-state index >= 15 is 0 Å². The number of nitrogens with zero attached hydrogens (tertiary/aromatic N) is 1. The Bertz CT molecular complexity index is 291. The van der Waals surface area contributed by atoms with E-state index in [-0.39, 0.29) is 12.6 Å². The third-order valence-electron chi connectivity index (χ3n) is 2.36. The average molecular weight is 260 g/mol. The van der Waals surface area contributed by atoms with Crippen molar-refractivity contribution in [3.63, 3.8) is 0 Å². The van der Waals surface area contributed by atoms with E-state index in [1.807, 2.05) is 11.8 Å². The summed E-state index contributed by atoms with van der Waals surface area (Å²) in [6.45, 7) is 3.08. The molecule has 92 valence electrons. The highest BCUT2D eigenvalue weighted by molar-refractivity contribution is 7.98. The Morgan fingerprint density at radius 3 is 3.00 bits per heavy atom. The molecule has 0 fully saturated rings. The summed E-state index contributed by atoms with van der Waals surface area (Å²) in [5, 5.41) is 15.8. The van der Waals surface area contributed by atoms with Crippen molar-refractivity contribution in [3.8, 4) is 0 Å². The van der Waals surface area contributed by atoms with Crippen LogP contribution in [-0.2, 0) is 13.0 Å². The molecule has 0 aromatic carbocycles. The van der Waals surface area contributed by atoms with Crippen LogP contribution >= 0.6 is 23.1 Å². The first-order valence-corrected chi connectivity index (χ1v) is 7.84. The van der Waals surface area contributed by atoms with Gasteiger partial charge in [-0.2, -0.15) is 11.8 Å². The summed E-state index contributed by atoms with van der Waals surface area (Å²) in [7, 11) is 0. The maximum absolute atomic E-state index is 9.19. The van der Waals surface area contributed by atoms with E-state index in [9.17, 15) is 5.11 Å². The van der Waals surface area contributed by atoms with Gasteiger partial charge < -0.3 is 10.4 Å². The molecule has 2 N–H and O–H groups in total. The zero-order chi connectivity index (χ0) is 11.8. The highest BCUT2D eigenvalue weighted by atomic mass is 32.2. The molecule has 0 amide bonds. The van der Waals surface area contributed by atoms with Gasteiger partial charge in [0.15, 0.2) is 0 Å². The summed E-state index contributed by atoms with van der Waals surface area (Å²) >= 11 is 3.52. The van der Waals surface area contributed by atoms with Crippen LogP contribution in [-0.4, -0.2) is 34.7 Å². The minimum Gasteiger partial charge on any atom is -0.395 e. The Hall–Kier alpha value is -0.100. The van der Waals surface area contributed by atoms with Crippen molar-refractivity contribution in [3.05, 3.63) is 16.1 Å². The largest absolute Gasteiger partial charge is 0.395 e. The van der Waals surface area contributed by atoms with Gasteiger partial charge in [0.1, 0.15) is 0 Å². The fraction of sp³-hybridized carbons (Fsp3) is 0.727. The molecular formula is C11H20N2OS2. The molecular weight excluding hydrogens is 240 g/mol. The zero-order valence-electron chi connectivity index (χ0n) is 9.90. The molecule has 1 rings (SSSR count). The number of aliphatic hydroxyl groups is 1. The van der Waals surface area contributed by atoms with Crippen molar-refractivity contribution >= 4 is 23.1 Å². The molecule has 3 nitrogen and oxygen atoms in total. The molecule has 0 aliphatic rings. The third-order valence-corrected chi connectivity index (χ3v) is 4.05. The van der Waals surface area contributed by atoms with Gasteiger partial charge >= 0.3 is 0 Å². The van der Waals surface area contributed by atoms with Crippen LogP contribution in [0.5, 0.6) is 0 Å². The molecule has 16 heavy (non-hydrogen) atoms. The number of thioether (sulfide) groups is 1. The fourth-order valence-corrected chi connectivity index (χ4v) is 2.62. The molecule has 0 aliphatic carbocycles. The number of rotatable bonds is 8. The number of thiazole rings is 1. The number of nitrogens with one attached hydrogen (secondary N) is 1. The second kappa shape index (κ2) is 8.06. The van der Waals surface area contributed by atoms with Crippen molar-refractivity contribution < 1.29 is 5.11 Å². The van der Waals surface area contributed by atoms with Crippen molar-refractivity contribution in [2.45, 2.75) is 32.4 Å². The molecule has 0 saturated carbocycles. The topological polar surface area (TPSA) is 45.2 Å². The molecule has 0 radical (unpaired) electrons. The summed E-state index contributed by atoms with van der Waals surface area (Å²) in [6.07, 6.45) is 4.09. The van der Waals surface area contributed by atoms with Crippen LogP contribution in [0.1, 0.15) is 24.0 Å². The zero-order valence-corrected chi connectivity index (χ0v) is 11.5. The van der Waals surface area contributed by atoms with Crippen LogP contribution in [0.4, 0.5) is 0 Å². The minimum absolute atomic E-state index is 0.194. The van der Waals surface area contributed by atoms with Crippen LogP contribution in [0.15, 0.2) is 5.38 Å². The van der Waals surface area contributed by atoms with Gasteiger partial charge in [-0.3, -0.25) is 0 Å². The Kier molecular flexibility index (Phi) is 7.03. The maximum Gasteiger partial charge on any atom is 0.0926 e. The molecule has 0 aliphatic heterocycles. The molecule has 1 heterocycles. The van der Waals surface area contributed by atoms with Gasteiger partial charge in [0.25, 0.3) is 0 Å². The fourth-order valence-electron chi connectivity index (χ4n) is 1.36. The quantitative estimate of drug-likeness (QED) is 0.749. The number of aromatic nitrogens is 1. The lowest BCUT2D eigenvalue weighted by Crippen LogP contribution is -2.32. The second-order valence-electron chi connectivity index (χ2n) is 3.63. The molecule has 1 unspecified atom stereocenters. The van der Waals surface area contributed by atoms with Crippen molar-refractivity contribution in [1.29, 1.82) is 0 Å². The normalized spacial score (nSPS) is 12.9. The maximum atomic E-state index is 9.19. The van der Waals surface area contributed by atoms with Gasteiger partial charge in [0, 0.05) is 18.0 Å². The van der Waals surface area contributed by atoms with Crippen LogP contribution in [0.2, 0.25) is 0 Å². The van der Waals surface area contributed by atoms with E-state index in [1.54, 1.807) is 11.3 Å². The molecule has 0 bridgehead atoms.